The van der Waals surface area contributed by atoms with Crippen molar-refractivity contribution in [2.24, 2.45) is 0 Å². The Bertz CT molecular complexity index is 98.3. The number of ether oxygens (including phenoxy) is 1. The van der Waals surface area contributed by atoms with Crippen LogP contribution in [-0.4, -0.2) is 61.7 Å². The highest BCUT2D eigenvalue weighted by Crippen LogP contribution is 1.88. The van der Waals surface area contributed by atoms with E-state index >= 15 is 0 Å². The first-order valence-corrected chi connectivity index (χ1v) is 4.18. The van der Waals surface area contributed by atoms with Crippen molar-refractivity contribution in [2.45, 2.75) is 12.5 Å². The van der Waals surface area contributed by atoms with Crippen molar-refractivity contribution >= 4 is 0 Å². The molecule has 0 saturated heterocycles. The van der Waals surface area contributed by atoms with Crippen molar-refractivity contribution in [3.8, 4) is 0 Å². The van der Waals surface area contributed by atoms with Crippen LogP contribution in [-0.2, 0) is 4.74 Å². The summed E-state index contributed by atoms with van der Waals surface area (Å²) in [7, 11) is 4.01. The molecule has 0 fully saturated rings. The average molecular weight is 177 g/mol. The van der Waals surface area contributed by atoms with Gasteiger partial charge in [0.2, 0.25) is 0 Å². The van der Waals surface area contributed by atoms with Gasteiger partial charge in [-0.2, -0.15) is 0 Å². The van der Waals surface area contributed by atoms with E-state index in [-0.39, 0.29) is 13.2 Å². The van der Waals surface area contributed by atoms with Gasteiger partial charge in [0, 0.05) is 6.61 Å². The zero-order valence-electron chi connectivity index (χ0n) is 7.86. The fraction of sp³-hybridized carbons (Fsp3) is 1.00. The van der Waals surface area contributed by atoms with Crippen molar-refractivity contribution in [1.29, 1.82) is 0 Å². The van der Waals surface area contributed by atoms with E-state index < -0.39 is 6.10 Å². The molecule has 1 unspecified atom stereocenters. The maximum absolute atomic E-state index is 8.88. The van der Waals surface area contributed by atoms with E-state index in [1.807, 2.05) is 14.1 Å². The molecule has 0 amide bonds. The summed E-state index contributed by atoms with van der Waals surface area (Å²) in [6, 6.07) is 0. The van der Waals surface area contributed by atoms with E-state index in [4.69, 9.17) is 14.9 Å². The topological polar surface area (TPSA) is 52.9 Å². The first-order chi connectivity index (χ1) is 5.66. The van der Waals surface area contributed by atoms with Crippen molar-refractivity contribution < 1.29 is 14.9 Å². The van der Waals surface area contributed by atoms with Crippen LogP contribution >= 0.6 is 0 Å². The first-order valence-electron chi connectivity index (χ1n) is 4.18. The van der Waals surface area contributed by atoms with Gasteiger partial charge in [0.25, 0.3) is 0 Å². The molecule has 1 atom stereocenters. The lowest BCUT2D eigenvalue weighted by Crippen LogP contribution is -2.21. The largest absolute Gasteiger partial charge is 0.394 e. The molecule has 0 aromatic rings. The highest BCUT2D eigenvalue weighted by Gasteiger charge is 2.00. The summed E-state index contributed by atoms with van der Waals surface area (Å²) in [5, 5.41) is 17.3. The van der Waals surface area contributed by atoms with Crippen molar-refractivity contribution in [2.75, 3.05) is 40.5 Å². The summed E-state index contributed by atoms with van der Waals surface area (Å²) in [5.74, 6) is 0. The van der Waals surface area contributed by atoms with Crippen molar-refractivity contribution in [1.82, 2.24) is 4.90 Å². The molecule has 0 bridgehead atoms. The highest BCUT2D eigenvalue weighted by atomic mass is 16.5. The number of aliphatic hydroxyl groups is 2. The second-order valence-corrected chi connectivity index (χ2v) is 3.07. The molecule has 0 radical (unpaired) electrons. The van der Waals surface area contributed by atoms with Crippen LogP contribution in [0.25, 0.3) is 0 Å². The molecule has 4 heteroatoms. The molecule has 0 saturated carbocycles. The van der Waals surface area contributed by atoms with Gasteiger partial charge in [-0.15, -0.1) is 0 Å². The molecule has 0 aliphatic rings. The molecule has 0 aliphatic heterocycles. The number of nitrogens with zero attached hydrogens (tertiary/aromatic N) is 1. The Kier molecular flexibility index (Phi) is 7.39. The van der Waals surface area contributed by atoms with Crippen molar-refractivity contribution in [3.63, 3.8) is 0 Å². The molecule has 0 aromatic carbocycles. The van der Waals surface area contributed by atoms with E-state index in [1.165, 1.54) is 0 Å². The van der Waals surface area contributed by atoms with Crippen LogP contribution in [0.5, 0.6) is 0 Å². The third-order valence-electron chi connectivity index (χ3n) is 1.41. The van der Waals surface area contributed by atoms with Gasteiger partial charge in [0.15, 0.2) is 0 Å². The van der Waals surface area contributed by atoms with E-state index in [0.717, 1.165) is 13.0 Å². The molecule has 0 aromatic heterocycles. The predicted octanol–water partition coefficient (Wildman–Crippen LogP) is -0.692. The fourth-order valence-electron chi connectivity index (χ4n) is 0.755. The molecule has 12 heavy (non-hydrogen) atoms. The second kappa shape index (κ2) is 7.49. The Hall–Kier alpha value is -0.160. The summed E-state index contributed by atoms with van der Waals surface area (Å²) in [6.45, 7) is 1.61. The van der Waals surface area contributed by atoms with Crippen LogP contribution in [0.2, 0.25) is 0 Å². The minimum Gasteiger partial charge on any atom is -0.394 e. The van der Waals surface area contributed by atoms with Gasteiger partial charge in [-0.1, -0.05) is 0 Å². The number of rotatable bonds is 7. The highest BCUT2D eigenvalue weighted by molar-refractivity contribution is 4.49. The molecular formula is C8H19NO3. The van der Waals surface area contributed by atoms with E-state index in [2.05, 4.69) is 4.90 Å². The molecule has 4 nitrogen and oxygen atoms in total. The third kappa shape index (κ3) is 7.94. The van der Waals surface area contributed by atoms with Crippen LogP contribution in [0, 0.1) is 0 Å². The Morgan fingerprint density at radius 3 is 2.58 bits per heavy atom. The maximum Gasteiger partial charge on any atom is 0.100 e. The third-order valence-corrected chi connectivity index (χ3v) is 1.41. The minimum absolute atomic E-state index is 0.226. The summed E-state index contributed by atoms with van der Waals surface area (Å²) < 4.78 is 5.10. The molecule has 0 heterocycles. The average Bonchev–Trinajstić information content (AvgIpc) is 2.03. The van der Waals surface area contributed by atoms with Gasteiger partial charge < -0.3 is 19.8 Å². The molecular weight excluding hydrogens is 158 g/mol. The van der Waals surface area contributed by atoms with Crippen LogP contribution in [0.4, 0.5) is 0 Å². The Balaban J connectivity index is 3.00. The molecule has 74 valence electrons. The predicted molar refractivity (Wildman–Crippen MR) is 47.1 cm³/mol. The number of hydrogen-bond donors (Lipinski definition) is 2. The lowest BCUT2D eigenvalue weighted by atomic mass is 10.4. The zero-order valence-corrected chi connectivity index (χ0v) is 7.86. The zero-order chi connectivity index (χ0) is 9.40. The summed E-state index contributed by atoms with van der Waals surface area (Å²) in [4.78, 5) is 2.08. The second-order valence-electron chi connectivity index (χ2n) is 3.07. The monoisotopic (exact) mass is 177 g/mol. The van der Waals surface area contributed by atoms with Gasteiger partial charge in [-0.25, -0.2) is 0 Å². The fourth-order valence-corrected chi connectivity index (χ4v) is 0.755. The van der Waals surface area contributed by atoms with Crippen molar-refractivity contribution in [3.05, 3.63) is 0 Å². The van der Waals surface area contributed by atoms with Crippen LogP contribution < -0.4 is 0 Å². The first kappa shape index (κ1) is 11.8. The van der Waals surface area contributed by atoms with Crippen LogP contribution in [0.1, 0.15) is 6.42 Å². The number of hydrogen-bond acceptors (Lipinski definition) is 4. The van der Waals surface area contributed by atoms with Crippen LogP contribution in [0.3, 0.4) is 0 Å². The lowest BCUT2D eigenvalue weighted by molar-refractivity contribution is 0.00468. The number of aliphatic hydroxyl groups excluding tert-OH is 2. The maximum atomic E-state index is 8.88. The molecule has 0 rings (SSSR count). The van der Waals surface area contributed by atoms with Gasteiger partial charge in [-0.3, -0.25) is 0 Å². The quantitative estimate of drug-likeness (QED) is 0.505. The van der Waals surface area contributed by atoms with E-state index in [9.17, 15) is 0 Å². The van der Waals surface area contributed by atoms with Crippen LogP contribution in [0.15, 0.2) is 0 Å². The molecule has 0 aliphatic carbocycles. The smallest absolute Gasteiger partial charge is 0.100 e. The Morgan fingerprint density at radius 1 is 1.42 bits per heavy atom. The van der Waals surface area contributed by atoms with E-state index in [0.29, 0.717) is 6.61 Å². The van der Waals surface area contributed by atoms with E-state index in [1.54, 1.807) is 0 Å². The Labute approximate surface area is 73.8 Å². The van der Waals surface area contributed by atoms with Gasteiger partial charge in [0.1, 0.15) is 6.10 Å². The molecule has 2 N–H and O–H groups in total. The lowest BCUT2D eigenvalue weighted by Gasteiger charge is -2.10. The summed E-state index contributed by atoms with van der Waals surface area (Å²) >= 11 is 0. The SMILES string of the molecule is CN(C)CCCOCC(O)CO. The Morgan fingerprint density at radius 2 is 2.08 bits per heavy atom. The normalized spacial score (nSPS) is 13.8. The molecule has 0 spiro atoms. The summed E-state index contributed by atoms with van der Waals surface area (Å²) in [6.07, 6.45) is 0.217. The minimum atomic E-state index is -0.732. The summed E-state index contributed by atoms with van der Waals surface area (Å²) in [5.41, 5.74) is 0. The standard InChI is InChI=1S/C8H19NO3/c1-9(2)4-3-5-12-7-8(11)6-10/h8,10-11H,3-7H2,1-2H3. The van der Waals surface area contributed by atoms with Gasteiger partial charge in [0.05, 0.1) is 13.2 Å². The van der Waals surface area contributed by atoms with Gasteiger partial charge >= 0.3 is 0 Å². The van der Waals surface area contributed by atoms with Gasteiger partial charge in [-0.05, 0) is 27.1 Å².